The molecule has 3 rings (SSSR count). The fourth-order valence-corrected chi connectivity index (χ4v) is 3.68. The first kappa shape index (κ1) is 27.7. The van der Waals surface area contributed by atoms with Crippen molar-refractivity contribution in [1.82, 2.24) is 5.43 Å². The average Bonchev–Trinajstić information content (AvgIpc) is 2.84. The lowest BCUT2D eigenvalue weighted by atomic mass is 10.1. The molecule has 37 heavy (non-hydrogen) atoms. The molecular formula is C26H23BrF3N3O4. The number of halogens is 4. The number of hydrogen-bond acceptors (Lipinski definition) is 5. The molecule has 0 radical (unpaired) electrons. The van der Waals surface area contributed by atoms with E-state index in [1.54, 1.807) is 31.2 Å². The van der Waals surface area contributed by atoms with Gasteiger partial charge in [-0.3, -0.25) is 9.59 Å². The lowest BCUT2D eigenvalue weighted by Crippen LogP contribution is -2.20. The molecule has 0 heterocycles. The molecule has 0 aliphatic heterocycles. The van der Waals surface area contributed by atoms with E-state index >= 15 is 0 Å². The third-order valence-electron chi connectivity index (χ3n) is 4.85. The lowest BCUT2D eigenvalue weighted by molar-refractivity contribution is -0.137. The summed E-state index contributed by atoms with van der Waals surface area (Å²) < 4.78 is 50.4. The Morgan fingerprint density at radius 3 is 2.46 bits per heavy atom. The molecule has 7 nitrogen and oxygen atoms in total. The molecule has 0 aliphatic rings. The van der Waals surface area contributed by atoms with Crippen LogP contribution in [-0.4, -0.2) is 31.2 Å². The molecule has 2 N–H and O–H groups in total. The maximum absolute atomic E-state index is 12.9. The van der Waals surface area contributed by atoms with Gasteiger partial charge in [0.1, 0.15) is 0 Å². The lowest BCUT2D eigenvalue weighted by Gasteiger charge is -2.14. The van der Waals surface area contributed by atoms with Crippen molar-refractivity contribution in [2.45, 2.75) is 20.0 Å². The Labute approximate surface area is 219 Å². The number of carbonyl (C=O) groups is 2. The summed E-state index contributed by atoms with van der Waals surface area (Å²) in [5.41, 5.74) is 3.29. The highest BCUT2D eigenvalue weighted by molar-refractivity contribution is 9.10. The van der Waals surface area contributed by atoms with Gasteiger partial charge in [0.2, 0.25) is 0 Å². The summed E-state index contributed by atoms with van der Waals surface area (Å²) in [4.78, 5) is 24.5. The number of carbonyl (C=O) groups excluding carboxylic acids is 2. The number of rotatable bonds is 9. The van der Waals surface area contributed by atoms with Crippen molar-refractivity contribution < 1.29 is 32.2 Å². The van der Waals surface area contributed by atoms with Crippen LogP contribution in [0.1, 0.15) is 34.0 Å². The fraction of sp³-hybridized carbons (Fsp3) is 0.192. The first-order valence-electron chi connectivity index (χ1n) is 11.0. The van der Waals surface area contributed by atoms with Crippen LogP contribution in [0.3, 0.4) is 0 Å². The summed E-state index contributed by atoms with van der Waals surface area (Å²) in [6, 6.07) is 14.6. The molecule has 0 fully saturated rings. The van der Waals surface area contributed by atoms with Gasteiger partial charge in [-0.15, -0.1) is 0 Å². The minimum atomic E-state index is -4.56. The first-order chi connectivity index (χ1) is 17.6. The number of alkyl halides is 3. The van der Waals surface area contributed by atoms with Crippen LogP contribution in [0.25, 0.3) is 0 Å². The molecule has 3 aromatic carbocycles. The van der Waals surface area contributed by atoms with Gasteiger partial charge in [-0.25, -0.2) is 5.43 Å². The molecule has 0 unspecified atom stereocenters. The van der Waals surface area contributed by atoms with E-state index < -0.39 is 17.6 Å². The van der Waals surface area contributed by atoms with Gasteiger partial charge < -0.3 is 14.8 Å². The van der Waals surface area contributed by atoms with Gasteiger partial charge in [-0.1, -0.05) is 23.8 Å². The Morgan fingerprint density at radius 1 is 1.05 bits per heavy atom. The van der Waals surface area contributed by atoms with Crippen molar-refractivity contribution in [3.05, 3.63) is 87.4 Å². The zero-order valence-corrected chi connectivity index (χ0v) is 21.4. The van der Waals surface area contributed by atoms with Crippen molar-refractivity contribution in [3.63, 3.8) is 0 Å². The number of benzene rings is 3. The standard InChI is InChI=1S/C26H23BrF3N3O4/c1-3-36-22-12-17(14-31-33-25(35)18-5-4-6-19(13-18)26(28,29)30)11-21(27)24(22)37-15-23(34)32-20-9-7-16(2)8-10-20/h4-14H,3,15H2,1-2H3,(H,32,34)(H,33,35)/b31-14-. The number of nitrogens with one attached hydrogen (secondary N) is 2. The number of anilines is 1. The van der Waals surface area contributed by atoms with Crippen LogP contribution < -0.4 is 20.2 Å². The van der Waals surface area contributed by atoms with Gasteiger partial charge in [0.05, 0.1) is 22.9 Å². The molecule has 0 saturated carbocycles. The zero-order valence-electron chi connectivity index (χ0n) is 19.9. The molecule has 11 heteroatoms. The van der Waals surface area contributed by atoms with Crippen molar-refractivity contribution in [1.29, 1.82) is 0 Å². The van der Waals surface area contributed by atoms with Crippen LogP contribution in [0.2, 0.25) is 0 Å². The Balaban J connectivity index is 1.66. The third kappa shape index (κ3) is 8.07. The van der Waals surface area contributed by atoms with Gasteiger partial charge in [0.15, 0.2) is 18.1 Å². The number of nitrogens with zero attached hydrogens (tertiary/aromatic N) is 1. The van der Waals surface area contributed by atoms with E-state index in [9.17, 15) is 22.8 Å². The summed E-state index contributed by atoms with van der Waals surface area (Å²) in [5.74, 6) is -0.538. The van der Waals surface area contributed by atoms with E-state index in [0.29, 0.717) is 33.8 Å². The van der Waals surface area contributed by atoms with Gasteiger partial charge in [-0.2, -0.15) is 18.3 Å². The molecule has 194 valence electrons. The highest BCUT2D eigenvalue weighted by Crippen LogP contribution is 2.36. The molecule has 0 spiro atoms. The Bertz CT molecular complexity index is 1300. The number of hydrazone groups is 1. The summed E-state index contributed by atoms with van der Waals surface area (Å²) in [7, 11) is 0. The number of aryl methyl sites for hydroxylation is 1. The molecule has 2 amide bonds. The molecule has 0 atom stereocenters. The number of ether oxygens (including phenoxy) is 2. The van der Waals surface area contributed by atoms with Gasteiger partial charge >= 0.3 is 6.18 Å². The van der Waals surface area contributed by atoms with E-state index in [4.69, 9.17) is 9.47 Å². The molecule has 0 bridgehead atoms. The van der Waals surface area contributed by atoms with Crippen LogP contribution in [-0.2, 0) is 11.0 Å². The minimum absolute atomic E-state index is 0.184. The summed E-state index contributed by atoms with van der Waals surface area (Å²) in [6.07, 6.45) is -3.26. The first-order valence-corrected chi connectivity index (χ1v) is 11.8. The summed E-state index contributed by atoms with van der Waals surface area (Å²) >= 11 is 3.38. The zero-order chi connectivity index (χ0) is 27.0. The number of hydrogen-bond donors (Lipinski definition) is 2. The van der Waals surface area contributed by atoms with Crippen molar-refractivity contribution in [3.8, 4) is 11.5 Å². The normalized spacial score (nSPS) is 11.3. The second-order valence-electron chi connectivity index (χ2n) is 7.74. The van der Waals surface area contributed by atoms with E-state index in [1.165, 1.54) is 12.3 Å². The van der Waals surface area contributed by atoms with Gasteiger partial charge in [-0.05, 0) is 77.8 Å². The van der Waals surface area contributed by atoms with E-state index in [2.05, 4.69) is 31.8 Å². The van der Waals surface area contributed by atoms with Crippen molar-refractivity contribution in [2.24, 2.45) is 5.10 Å². The highest BCUT2D eigenvalue weighted by atomic mass is 79.9. The second-order valence-corrected chi connectivity index (χ2v) is 8.60. The monoisotopic (exact) mass is 577 g/mol. The summed E-state index contributed by atoms with van der Waals surface area (Å²) in [6.45, 7) is 3.76. The maximum atomic E-state index is 12.9. The minimum Gasteiger partial charge on any atom is -0.490 e. The Hall–Kier alpha value is -3.86. The largest absolute Gasteiger partial charge is 0.490 e. The smallest absolute Gasteiger partial charge is 0.416 e. The van der Waals surface area contributed by atoms with Crippen LogP contribution in [0.4, 0.5) is 18.9 Å². The predicted molar refractivity (Wildman–Crippen MR) is 137 cm³/mol. The highest BCUT2D eigenvalue weighted by Gasteiger charge is 2.30. The van der Waals surface area contributed by atoms with Gasteiger partial charge in [0.25, 0.3) is 11.8 Å². The molecular weight excluding hydrogens is 555 g/mol. The van der Waals surface area contributed by atoms with Crippen molar-refractivity contribution in [2.75, 3.05) is 18.5 Å². The van der Waals surface area contributed by atoms with Crippen LogP contribution >= 0.6 is 15.9 Å². The van der Waals surface area contributed by atoms with Gasteiger partial charge in [0, 0.05) is 11.3 Å². The Kier molecular flexibility index (Phi) is 9.29. The SMILES string of the molecule is CCOc1cc(/C=N\NC(=O)c2cccc(C(F)(F)F)c2)cc(Br)c1OCC(=O)Nc1ccc(C)cc1. The topological polar surface area (TPSA) is 89.0 Å². The predicted octanol–water partition coefficient (Wildman–Crippen LogP) is 5.96. The van der Waals surface area contributed by atoms with Crippen molar-refractivity contribution >= 4 is 39.6 Å². The van der Waals surface area contributed by atoms with E-state index in [0.717, 1.165) is 23.8 Å². The van der Waals surface area contributed by atoms with Crippen LogP contribution in [0.15, 0.2) is 70.2 Å². The fourth-order valence-electron chi connectivity index (χ4n) is 3.10. The quantitative estimate of drug-likeness (QED) is 0.243. The molecule has 0 aliphatic carbocycles. The summed E-state index contributed by atoms with van der Waals surface area (Å²) in [5, 5.41) is 6.56. The third-order valence-corrected chi connectivity index (χ3v) is 5.44. The Morgan fingerprint density at radius 2 is 1.78 bits per heavy atom. The number of amides is 2. The average molecular weight is 578 g/mol. The molecule has 0 aromatic heterocycles. The second kappa shape index (κ2) is 12.4. The molecule has 0 saturated heterocycles. The van der Waals surface area contributed by atoms with E-state index in [-0.39, 0.29) is 18.1 Å². The molecule has 3 aromatic rings. The maximum Gasteiger partial charge on any atom is 0.416 e. The van der Waals surface area contributed by atoms with E-state index in [1.807, 2.05) is 19.1 Å². The van der Waals surface area contributed by atoms with Crippen LogP contribution in [0.5, 0.6) is 11.5 Å². The van der Waals surface area contributed by atoms with Crippen LogP contribution in [0, 0.1) is 6.92 Å².